The number of anilines is 1. The maximum atomic E-state index is 12.3. The molecule has 0 aliphatic carbocycles. The number of para-hydroxylation sites is 1. The highest BCUT2D eigenvalue weighted by Crippen LogP contribution is 2.24. The summed E-state index contributed by atoms with van der Waals surface area (Å²) in [6, 6.07) is 8.50. The van der Waals surface area contributed by atoms with Gasteiger partial charge in [0.15, 0.2) is 0 Å². The maximum absolute atomic E-state index is 12.3. The van der Waals surface area contributed by atoms with E-state index in [9.17, 15) is 4.79 Å². The molecule has 3 rings (SSSR count). The third-order valence-corrected chi connectivity index (χ3v) is 3.96. The van der Waals surface area contributed by atoms with Gasteiger partial charge in [-0.25, -0.2) is 0 Å². The molecule has 1 amide bonds. The van der Waals surface area contributed by atoms with Crippen molar-refractivity contribution in [1.29, 1.82) is 0 Å². The van der Waals surface area contributed by atoms with Gasteiger partial charge in [0.25, 0.3) is 0 Å². The van der Waals surface area contributed by atoms with Crippen molar-refractivity contribution in [2.24, 2.45) is 5.92 Å². The van der Waals surface area contributed by atoms with Gasteiger partial charge in [0, 0.05) is 31.5 Å². The van der Waals surface area contributed by atoms with Crippen LogP contribution in [0.4, 0.5) is 5.69 Å². The van der Waals surface area contributed by atoms with Crippen LogP contribution in [0.3, 0.4) is 0 Å². The molecule has 19 heavy (non-hydrogen) atoms. The number of benzene rings is 1. The van der Waals surface area contributed by atoms with E-state index in [1.54, 1.807) is 0 Å². The molecule has 0 spiro atoms. The van der Waals surface area contributed by atoms with Crippen LogP contribution in [0.25, 0.3) is 0 Å². The average molecular weight is 260 g/mol. The van der Waals surface area contributed by atoms with Crippen molar-refractivity contribution in [2.45, 2.75) is 25.3 Å². The van der Waals surface area contributed by atoms with Crippen LogP contribution in [0.1, 0.15) is 18.4 Å². The van der Waals surface area contributed by atoms with Crippen LogP contribution in [-0.2, 0) is 16.0 Å². The Balaban J connectivity index is 1.59. The molecule has 0 aromatic heterocycles. The Hall–Kier alpha value is -1.55. The largest absolute Gasteiger partial charge is 0.384 e. The van der Waals surface area contributed by atoms with Crippen molar-refractivity contribution in [2.75, 3.05) is 25.1 Å². The first-order valence-electron chi connectivity index (χ1n) is 7.03. The fraction of sp³-hybridized carbons (Fsp3) is 0.533. The van der Waals surface area contributed by atoms with Crippen LogP contribution in [0, 0.1) is 5.92 Å². The summed E-state index contributed by atoms with van der Waals surface area (Å²) in [5.74, 6) is 0.214. The fourth-order valence-corrected chi connectivity index (χ4v) is 2.79. The molecule has 1 fully saturated rings. The molecule has 2 heterocycles. The molecule has 4 heteroatoms. The number of nitrogens with one attached hydrogen (secondary N) is 2. The summed E-state index contributed by atoms with van der Waals surface area (Å²) in [6.45, 7) is 2.25. The van der Waals surface area contributed by atoms with Gasteiger partial charge >= 0.3 is 0 Å². The van der Waals surface area contributed by atoms with E-state index in [1.807, 2.05) is 12.1 Å². The summed E-state index contributed by atoms with van der Waals surface area (Å²) in [5, 5.41) is 6.51. The minimum absolute atomic E-state index is 0.0396. The molecular weight excluding hydrogens is 240 g/mol. The molecule has 1 aromatic rings. The number of amides is 1. The highest BCUT2D eigenvalue weighted by atomic mass is 16.5. The lowest BCUT2D eigenvalue weighted by atomic mass is 9.93. The van der Waals surface area contributed by atoms with Crippen LogP contribution in [0.5, 0.6) is 0 Å². The first kappa shape index (κ1) is 12.5. The van der Waals surface area contributed by atoms with Crippen LogP contribution < -0.4 is 10.6 Å². The van der Waals surface area contributed by atoms with Gasteiger partial charge < -0.3 is 15.4 Å². The predicted octanol–water partition coefficient (Wildman–Crippen LogP) is 1.57. The van der Waals surface area contributed by atoms with Gasteiger partial charge in [-0.05, 0) is 30.9 Å². The van der Waals surface area contributed by atoms with Crippen molar-refractivity contribution in [1.82, 2.24) is 5.32 Å². The lowest BCUT2D eigenvalue weighted by molar-refractivity contribution is -0.126. The summed E-state index contributed by atoms with van der Waals surface area (Å²) in [5.41, 5.74) is 2.40. The van der Waals surface area contributed by atoms with E-state index in [1.165, 1.54) is 5.56 Å². The highest BCUT2D eigenvalue weighted by molar-refractivity contribution is 5.81. The third-order valence-electron chi connectivity index (χ3n) is 3.96. The number of rotatable bonds is 2. The molecular formula is C15H20N2O2. The zero-order valence-corrected chi connectivity index (χ0v) is 11.0. The van der Waals surface area contributed by atoms with Crippen molar-refractivity contribution in [3.8, 4) is 0 Å². The number of hydrogen-bond acceptors (Lipinski definition) is 3. The standard InChI is InChI=1S/C15H20N2O2/c18-15(17-13-5-7-19-8-6-13)12-9-11-3-1-2-4-14(11)16-10-12/h1-4,12-13,16H,5-10H2,(H,17,18). The summed E-state index contributed by atoms with van der Waals surface area (Å²) in [4.78, 5) is 12.3. The summed E-state index contributed by atoms with van der Waals surface area (Å²) in [6.07, 6.45) is 2.70. The molecule has 2 N–H and O–H groups in total. The number of carbonyl (C=O) groups excluding carboxylic acids is 1. The smallest absolute Gasteiger partial charge is 0.225 e. The molecule has 1 atom stereocenters. The van der Waals surface area contributed by atoms with Gasteiger partial charge in [-0.2, -0.15) is 0 Å². The van der Waals surface area contributed by atoms with Crippen molar-refractivity contribution >= 4 is 11.6 Å². The number of hydrogen-bond donors (Lipinski definition) is 2. The van der Waals surface area contributed by atoms with Crippen LogP contribution in [-0.4, -0.2) is 31.7 Å². The fourth-order valence-electron chi connectivity index (χ4n) is 2.79. The summed E-state index contributed by atoms with van der Waals surface area (Å²) < 4.78 is 5.31. The Morgan fingerprint density at radius 2 is 2.05 bits per heavy atom. The van der Waals surface area contributed by atoms with E-state index in [0.29, 0.717) is 6.04 Å². The van der Waals surface area contributed by atoms with Crippen LogP contribution >= 0.6 is 0 Å². The minimum atomic E-state index is 0.0396. The van der Waals surface area contributed by atoms with Crippen molar-refractivity contribution < 1.29 is 9.53 Å². The molecule has 102 valence electrons. The highest BCUT2D eigenvalue weighted by Gasteiger charge is 2.26. The second-order valence-electron chi connectivity index (χ2n) is 5.33. The summed E-state index contributed by atoms with van der Waals surface area (Å²) >= 11 is 0. The Kier molecular flexibility index (Phi) is 3.69. The number of ether oxygens (including phenoxy) is 1. The third kappa shape index (κ3) is 2.89. The molecule has 0 radical (unpaired) electrons. The normalized spacial score (nSPS) is 23.3. The van der Waals surface area contributed by atoms with E-state index < -0.39 is 0 Å². The maximum Gasteiger partial charge on any atom is 0.225 e. The second kappa shape index (κ2) is 5.61. The SMILES string of the molecule is O=C(NC1CCOCC1)C1CNc2ccccc2C1. The lowest BCUT2D eigenvalue weighted by Crippen LogP contribution is -2.45. The quantitative estimate of drug-likeness (QED) is 0.848. The van der Waals surface area contributed by atoms with Gasteiger partial charge in [0.2, 0.25) is 5.91 Å². The number of fused-ring (bicyclic) bond motifs is 1. The molecule has 0 bridgehead atoms. The first-order valence-corrected chi connectivity index (χ1v) is 7.03. The predicted molar refractivity (Wildman–Crippen MR) is 74.1 cm³/mol. The topological polar surface area (TPSA) is 50.4 Å². The Bertz CT molecular complexity index is 455. The van der Waals surface area contributed by atoms with E-state index >= 15 is 0 Å². The second-order valence-corrected chi connectivity index (χ2v) is 5.33. The molecule has 1 unspecified atom stereocenters. The van der Waals surface area contributed by atoms with Gasteiger partial charge in [-0.3, -0.25) is 4.79 Å². The molecule has 4 nitrogen and oxygen atoms in total. The molecule has 1 saturated heterocycles. The molecule has 2 aliphatic rings. The Labute approximate surface area is 113 Å². The van der Waals surface area contributed by atoms with E-state index in [4.69, 9.17) is 4.74 Å². The van der Waals surface area contributed by atoms with Gasteiger partial charge in [0.1, 0.15) is 0 Å². The molecule has 1 aromatic carbocycles. The van der Waals surface area contributed by atoms with E-state index in [2.05, 4.69) is 22.8 Å². The Morgan fingerprint density at radius 3 is 2.89 bits per heavy atom. The molecule has 2 aliphatic heterocycles. The van der Waals surface area contributed by atoms with E-state index in [-0.39, 0.29) is 11.8 Å². The van der Waals surface area contributed by atoms with Gasteiger partial charge in [-0.15, -0.1) is 0 Å². The minimum Gasteiger partial charge on any atom is -0.384 e. The van der Waals surface area contributed by atoms with Crippen molar-refractivity contribution in [3.63, 3.8) is 0 Å². The van der Waals surface area contributed by atoms with Crippen LogP contribution in [0.2, 0.25) is 0 Å². The monoisotopic (exact) mass is 260 g/mol. The van der Waals surface area contributed by atoms with Gasteiger partial charge in [-0.1, -0.05) is 18.2 Å². The zero-order chi connectivity index (χ0) is 13.1. The van der Waals surface area contributed by atoms with Gasteiger partial charge in [0.05, 0.1) is 5.92 Å². The van der Waals surface area contributed by atoms with Crippen molar-refractivity contribution in [3.05, 3.63) is 29.8 Å². The lowest BCUT2D eigenvalue weighted by Gasteiger charge is -2.29. The molecule has 0 saturated carbocycles. The Morgan fingerprint density at radius 1 is 1.26 bits per heavy atom. The first-order chi connectivity index (χ1) is 9.33. The number of carbonyl (C=O) groups is 1. The van der Waals surface area contributed by atoms with E-state index in [0.717, 1.165) is 44.7 Å². The van der Waals surface area contributed by atoms with Crippen LogP contribution in [0.15, 0.2) is 24.3 Å². The average Bonchev–Trinajstić information content (AvgIpc) is 2.48. The summed E-state index contributed by atoms with van der Waals surface area (Å²) in [7, 11) is 0. The zero-order valence-electron chi connectivity index (χ0n) is 11.0.